The smallest absolute Gasteiger partial charge is 0.273 e. The van der Waals surface area contributed by atoms with Gasteiger partial charge in [-0.3, -0.25) is 4.79 Å². The number of hydrogen-bond donors (Lipinski definition) is 0. The Hall–Kier alpha value is -0.810. The molecule has 1 saturated carbocycles. The third kappa shape index (κ3) is 2.95. The maximum Gasteiger partial charge on any atom is 0.273 e. The summed E-state index contributed by atoms with van der Waals surface area (Å²) in [5, 5.41) is 0.860. The van der Waals surface area contributed by atoms with Crippen molar-refractivity contribution >= 4 is 11.8 Å². The molecule has 0 unspecified atom stereocenters. The van der Waals surface area contributed by atoms with E-state index in [1.807, 2.05) is 6.20 Å². The second-order valence-electron chi connectivity index (χ2n) is 4.99. The third-order valence-electron chi connectivity index (χ3n) is 3.42. The van der Waals surface area contributed by atoms with E-state index in [-0.39, 0.29) is 5.56 Å². The van der Waals surface area contributed by atoms with Crippen LogP contribution in [0.3, 0.4) is 0 Å². The van der Waals surface area contributed by atoms with E-state index in [4.69, 9.17) is 4.74 Å². The Kier molecular flexibility index (Phi) is 3.70. The Morgan fingerprint density at radius 3 is 3.00 bits per heavy atom. The number of hydrogen-bond acceptors (Lipinski definition) is 4. The van der Waals surface area contributed by atoms with E-state index >= 15 is 0 Å². The van der Waals surface area contributed by atoms with E-state index in [2.05, 4.69) is 9.55 Å². The van der Waals surface area contributed by atoms with Gasteiger partial charge in [-0.25, -0.2) is 0 Å². The lowest BCUT2D eigenvalue weighted by molar-refractivity contribution is 0.0315. The average Bonchev–Trinajstić information content (AvgIpc) is 3.22. The Morgan fingerprint density at radius 2 is 2.28 bits per heavy atom. The zero-order chi connectivity index (χ0) is 12.4. The molecule has 0 spiro atoms. The lowest BCUT2D eigenvalue weighted by atomic mass is 10.1. The Balaban J connectivity index is 1.67. The molecule has 0 N–H and O–H groups in total. The van der Waals surface area contributed by atoms with Crippen molar-refractivity contribution < 1.29 is 4.74 Å². The van der Waals surface area contributed by atoms with E-state index in [1.165, 1.54) is 25.7 Å². The number of rotatable bonds is 4. The van der Waals surface area contributed by atoms with Crippen molar-refractivity contribution in [1.29, 1.82) is 0 Å². The first kappa shape index (κ1) is 12.2. The zero-order valence-electron chi connectivity index (χ0n) is 10.4. The van der Waals surface area contributed by atoms with Crippen LogP contribution in [-0.2, 0) is 4.74 Å². The van der Waals surface area contributed by atoms with Crippen LogP contribution in [0.4, 0.5) is 0 Å². The zero-order valence-corrected chi connectivity index (χ0v) is 11.2. The summed E-state index contributed by atoms with van der Waals surface area (Å²) in [6.45, 7) is 0.878. The number of aromatic nitrogens is 2. The largest absolute Gasteiger partial charge is 0.377 e. The lowest BCUT2D eigenvalue weighted by Gasteiger charge is -2.22. The molecule has 2 heterocycles. The minimum Gasteiger partial charge on any atom is -0.377 e. The van der Waals surface area contributed by atoms with Crippen molar-refractivity contribution in [2.24, 2.45) is 0 Å². The molecule has 18 heavy (non-hydrogen) atoms. The highest BCUT2D eigenvalue weighted by Crippen LogP contribution is 2.37. The summed E-state index contributed by atoms with van der Waals surface area (Å²) in [5.41, 5.74) is -0.140. The predicted octanol–water partition coefficient (Wildman–Crippen LogP) is 2.24. The van der Waals surface area contributed by atoms with Gasteiger partial charge in [0.1, 0.15) is 0 Å². The van der Waals surface area contributed by atoms with Gasteiger partial charge in [-0.1, -0.05) is 11.8 Å². The first-order valence-electron chi connectivity index (χ1n) is 6.66. The van der Waals surface area contributed by atoms with Gasteiger partial charge >= 0.3 is 0 Å². The van der Waals surface area contributed by atoms with Gasteiger partial charge in [-0.15, -0.1) is 0 Å². The second-order valence-corrected chi connectivity index (χ2v) is 5.97. The first-order chi connectivity index (χ1) is 8.83. The Morgan fingerprint density at radius 1 is 1.39 bits per heavy atom. The first-order valence-corrected chi connectivity index (χ1v) is 7.65. The molecule has 98 valence electrons. The molecular weight excluding hydrogens is 248 g/mol. The molecule has 1 aromatic rings. The molecule has 1 saturated heterocycles. The molecule has 2 fully saturated rings. The van der Waals surface area contributed by atoms with Crippen molar-refractivity contribution in [1.82, 2.24) is 9.55 Å². The molecule has 0 radical (unpaired) electrons. The van der Waals surface area contributed by atoms with Crippen LogP contribution in [0.25, 0.3) is 0 Å². The summed E-state index contributed by atoms with van der Waals surface area (Å²) < 4.78 is 7.86. The molecule has 5 heteroatoms. The van der Waals surface area contributed by atoms with Crippen molar-refractivity contribution in [3.63, 3.8) is 0 Å². The summed E-state index contributed by atoms with van der Waals surface area (Å²) in [6, 6.07) is 2.12. The van der Waals surface area contributed by atoms with Gasteiger partial charge in [0.25, 0.3) is 5.56 Å². The van der Waals surface area contributed by atoms with E-state index in [0.717, 1.165) is 23.9 Å². The molecule has 0 bridgehead atoms. The van der Waals surface area contributed by atoms with E-state index in [1.54, 1.807) is 17.8 Å². The van der Waals surface area contributed by atoms with Crippen molar-refractivity contribution in [3.05, 3.63) is 22.6 Å². The standard InChI is InChI=1S/C13H18N2O2S/c16-12-6-7-15(10-4-5-10)13(14-12)18-9-11-3-1-2-8-17-11/h6-7,10-11H,1-5,8-9H2/t11-/m1/s1. The van der Waals surface area contributed by atoms with Crippen LogP contribution in [0.15, 0.2) is 22.2 Å². The molecule has 4 nitrogen and oxygen atoms in total. The van der Waals surface area contributed by atoms with Gasteiger partial charge in [0.15, 0.2) is 5.16 Å². The number of ether oxygens (including phenoxy) is 1. The van der Waals surface area contributed by atoms with Crippen LogP contribution < -0.4 is 5.56 Å². The van der Waals surface area contributed by atoms with Gasteiger partial charge in [-0.2, -0.15) is 4.98 Å². The predicted molar refractivity (Wildman–Crippen MR) is 71.1 cm³/mol. The van der Waals surface area contributed by atoms with Crippen molar-refractivity contribution in [2.45, 2.75) is 49.4 Å². The van der Waals surface area contributed by atoms with Crippen LogP contribution in [0, 0.1) is 0 Å². The molecule has 1 atom stereocenters. The van der Waals surface area contributed by atoms with Crippen LogP contribution in [0.5, 0.6) is 0 Å². The molecule has 0 aromatic carbocycles. The summed E-state index contributed by atoms with van der Waals surface area (Å²) in [7, 11) is 0. The molecular formula is C13H18N2O2S. The monoisotopic (exact) mass is 266 g/mol. The molecule has 0 amide bonds. The fourth-order valence-electron chi connectivity index (χ4n) is 2.24. The summed E-state index contributed by atoms with van der Waals surface area (Å²) in [5.74, 6) is 0.906. The number of thioether (sulfide) groups is 1. The molecule has 1 aliphatic carbocycles. The second kappa shape index (κ2) is 5.45. The molecule has 3 rings (SSSR count). The molecule has 2 aliphatic rings. The highest BCUT2D eigenvalue weighted by atomic mass is 32.2. The molecule has 1 aliphatic heterocycles. The van der Waals surface area contributed by atoms with Gasteiger partial charge in [0.05, 0.1) is 6.10 Å². The minimum absolute atomic E-state index is 0.140. The Labute approximate surface area is 111 Å². The highest BCUT2D eigenvalue weighted by molar-refractivity contribution is 7.99. The highest BCUT2D eigenvalue weighted by Gasteiger charge is 2.26. The van der Waals surface area contributed by atoms with E-state index < -0.39 is 0 Å². The maximum absolute atomic E-state index is 11.4. The summed E-state index contributed by atoms with van der Waals surface area (Å²) in [6.07, 6.45) is 8.19. The average molecular weight is 266 g/mol. The van der Waals surface area contributed by atoms with Gasteiger partial charge < -0.3 is 9.30 Å². The summed E-state index contributed by atoms with van der Waals surface area (Å²) >= 11 is 1.66. The normalized spacial score (nSPS) is 24.1. The number of nitrogens with zero attached hydrogens (tertiary/aromatic N) is 2. The van der Waals surface area contributed by atoms with Crippen molar-refractivity contribution in [2.75, 3.05) is 12.4 Å². The van der Waals surface area contributed by atoms with Gasteiger partial charge in [-0.05, 0) is 32.1 Å². The lowest BCUT2D eigenvalue weighted by Crippen LogP contribution is -2.22. The topological polar surface area (TPSA) is 44.1 Å². The maximum atomic E-state index is 11.4. The van der Waals surface area contributed by atoms with Crippen molar-refractivity contribution in [3.8, 4) is 0 Å². The Bertz CT molecular complexity index is 464. The van der Waals surface area contributed by atoms with E-state index in [0.29, 0.717) is 12.1 Å². The van der Waals surface area contributed by atoms with Crippen LogP contribution in [-0.4, -0.2) is 28.0 Å². The van der Waals surface area contributed by atoms with Crippen LogP contribution >= 0.6 is 11.8 Å². The van der Waals surface area contributed by atoms with E-state index in [9.17, 15) is 4.79 Å². The fourth-order valence-corrected chi connectivity index (χ4v) is 3.35. The quantitative estimate of drug-likeness (QED) is 0.619. The third-order valence-corrected chi connectivity index (χ3v) is 4.52. The van der Waals surface area contributed by atoms with Gasteiger partial charge in [0, 0.05) is 30.7 Å². The van der Waals surface area contributed by atoms with Crippen LogP contribution in [0.2, 0.25) is 0 Å². The van der Waals surface area contributed by atoms with Crippen LogP contribution in [0.1, 0.15) is 38.1 Å². The SMILES string of the molecule is O=c1ccn(C2CC2)c(SC[C@H]2CCCCO2)n1. The minimum atomic E-state index is -0.140. The fraction of sp³-hybridized carbons (Fsp3) is 0.692. The molecule has 1 aromatic heterocycles. The van der Waals surface area contributed by atoms with Gasteiger partial charge in [0.2, 0.25) is 0 Å². The summed E-state index contributed by atoms with van der Waals surface area (Å²) in [4.78, 5) is 15.5.